The van der Waals surface area contributed by atoms with Crippen LogP contribution in [0.3, 0.4) is 0 Å². The van der Waals surface area contributed by atoms with Gasteiger partial charge in [-0.05, 0) is 37.1 Å². The van der Waals surface area contributed by atoms with Gasteiger partial charge in [0.15, 0.2) is 0 Å². The molecule has 3 nitrogen and oxygen atoms in total. The standard InChI is InChI=1S/C19H19FN2O/c1-19(23,14-5-3-2-4-6-14)10-12-22-17-9-11-21-18-13-15(20)7-8-16(17)18/h2-9,11,13,23H,10,12H2,1H3,(H,21,22). The van der Waals surface area contributed by atoms with Gasteiger partial charge in [0.2, 0.25) is 0 Å². The Morgan fingerprint density at radius 1 is 1.13 bits per heavy atom. The Bertz CT molecular complexity index is 803. The van der Waals surface area contributed by atoms with Crippen molar-refractivity contribution in [1.29, 1.82) is 0 Å². The number of hydrogen-bond acceptors (Lipinski definition) is 3. The number of anilines is 1. The van der Waals surface area contributed by atoms with E-state index in [1.807, 2.05) is 43.3 Å². The van der Waals surface area contributed by atoms with Crippen LogP contribution in [0.2, 0.25) is 0 Å². The second kappa shape index (κ2) is 6.34. The highest BCUT2D eigenvalue weighted by molar-refractivity contribution is 5.90. The van der Waals surface area contributed by atoms with E-state index in [1.54, 1.807) is 12.3 Å². The summed E-state index contributed by atoms with van der Waals surface area (Å²) < 4.78 is 13.3. The Morgan fingerprint density at radius 2 is 1.91 bits per heavy atom. The van der Waals surface area contributed by atoms with Gasteiger partial charge in [0.1, 0.15) is 5.82 Å². The van der Waals surface area contributed by atoms with Crippen molar-refractivity contribution in [3.63, 3.8) is 0 Å². The Morgan fingerprint density at radius 3 is 2.70 bits per heavy atom. The highest BCUT2D eigenvalue weighted by atomic mass is 19.1. The van der Waals surface area contributed by atoms with Gasteiger partial charge in [-0.25, -0.2) is 4.39 Å². The van der Waals surface area contributed by atoms with Crippen molar-refractivity contribution >= 4 is 16.6 Å². The van der Waals surface area contributed by atoms with Gasteiger partial charge in [-0.2, -0.15) is 0 Å². The molecule has 1 unspecified atom stereocenters. The zero-order valence-electron chi connectivity index (χ0n) is 13.0. The summed E-state index contributed by atoms with van der Waals surface area (Å²) in [6, 6.07) is 16.0. The van der Waals surface area contributed by atoms with Crippen LogP contribution in [-0.2, 0) is 5.60 Å². The zero-order valence-corrected chi connectivity index (χ0v) is 13.0. The lowest BCUT2D eigenvalue weighted by molar-refractivity contribution is 0.0515. The fraction of sp³-hybridized carbons (Fsp3) is 0.211. The van der Waals surface area contributed by atoms with E-state index in [0.717, 1.165) is 16.6 Å². The first-order chi connectivity index (χ1) is 11.1. The molecule has 3 aromatic rings. The van der Waals surface area contributed by atoms with Crippen LogP contribution in [0.1, 0.15) is 18.9 Å². The van der Waals surface area contributed by atoms with Crippen molar-refractivity contribution in [2.75, 3.05) is 11.9 Å². The number of pyridine rings is 1. The molecule has 0 fully saturated rings. The number of nitrogens with zero attached hydrogens (tertiary/aromatic N) is 1. The summed E-state index contributed by atoms with van der Waals surface area (Å²) in [5.41, 5.74) is 1.50. The molecular formula is C19H19FN2O. The number of benzene rings is 2. The van der Waals surface area contributed by atoms with Gasteiger partial charge in [-0.1, -0.05) is 30.3 Å². The molecule has 0 spiro atoms. The first kappa shape index (κ1) is 15.4. The van der Waals surface area contributed by atoms with E-state index in [2.05, 4.69) is 10.3 Å². The molecule has 3 rings (SSSR count). The molecule has 0 amide bonds. The lowest BCUT2D eigenvalue weighted by Gasteiger charge is -2.24. The molecule has 0 aliphatic carbocycles. The van der Waals surface area contributed by atoms with Gasteiger partial charge < -0.3 is 10.4 Å². The van der Waals surface area contributed by atoms with Crippen molar-refractivity contribution in [3.8, 4) is 0 Å². The van der Waals surface area contributed by atoms with Gasteiger partial charge in [-0.15, -0.1) is 0 Å². The second-order valence-corrected chi connectivity index (χ2v) is 5.84. The largest absolute Gasteiger partial charge is 0.385 e. The number of rotatable bonds is 5. The maximum atomic E-state index is 13.3. The smallest absolute Gasteiger partial charge is 0.125 e. The number of hydrogen-bond donors (Lipinski definition) is 2. The average molecular weight is 310 g/mol. The third-order valence-corrected chi connectivity index (χ3v) is 4.03. The topological polar surface area (TPSA) is 45.1 Å². The molecule has 23 heavy (non-hydrogen) atoms. The fourth-order valence-corrected chi connectivity index (χ4v) is 2.66. The quantitative estimate of drug-likeness (QED) is 0.746. The maximum Gasteiger partial charge on any atom is 0.125 e. The molecule has 1 heterocycles. The van der Waals surface area contributed by atoms with E-state index in [0.29, 0.717) is 18.5 Å². The fourth-order valence-electron chi connectivity index (χ4n) is 2.66. The summed E-state index contributed by atoms with van der Waals surface area (Å²) in [5.74, 6) is -0.297. The van der Waals surface area contributed by atoms with Crippen LogP contribution in [0.25, 0.3) is 10.9 Å². The van der Waals surface area contributed by atoms with Crippen molar-refractivity contribution in [2.24, 2.45) is 0 Å². The number of aliphatic hydroxyl groups is 1. The van der Waals surface area contributed by atoms with Gasteiger partial charge in [0, 0.05) is 29.9 Å². The third-order valence-electron chi connectivity index (χ3n) is 4.03. The predicted molar refractivity (Wildman–Crippen MR) is 90.8 cm³/mol. The molecule has 0 saturated carbocycles. The number of nitrogens with one attached hydrogen (secondary N) is 1. The lowest BCUT2D eigenvalue weighted by Crippen LogP contribution is -2.24. The van der Waals surface area contributed by atoms with Crippen LogP contribution < -0.4 is 5.32 Å². The summed E-state index contributed by atoms with van der Waals surface area (Å²) in [4.78, 5) is 4.18. The molecule has 0 aliphatic rings. The normalized spacial score (nSPS) is 13.7. The van der Waals surface area contributed by atoms with E-state index >= 15 is 0 Å². The number of fused-ring (bicyclic) bond motifs is 1. The SMILES string of the molecule is CC(O)(CCNc1ccnc2cc(F)ccc12)c1ccccc1. The molecule has 0 bridgehead atoms. The molecule has 1 aromatic heterocycles. The Hall–Kier alpha value is -2.46. The second-order valence-electron chi connectivity index (χ2n) is 5.84. The average Bonchev–Trinajstić information content (AvgIpc) is 2.55. The summed E-state index contributed by atoms with van der Waals surface area (Å²) >= 11 is 0. The van der Waals surface area contributed by atoms with Crippen molar-refractivity contribution in [3.05, 3.63) is 72.2 Å². The van der Waals surface area contributed by atoms with Crippen molar-refractivity contribution in [2.45, 2.75) is 18.9 Å². The molecule has 2 N–H and O–H groups in total. The molecule has 118 valence electrons. The summed E-state index contributed by atoms with van der Waals surface area (Å²) in [5, 5.41) is 14.8. The van der Waals surface area contributed by atoms with Crippen molar-refractivity contribution in [1.82, 2.24) is 4.98 Å². The van der Waals surface area contributed by atoms with Crippen LogP contribution in [0.5, 0.6) is 0 Å². The first-order valence-electron chi connectivity index (χ1n) is 7.62. The van der Waals surface area contributed by atoms with Gasteiger partial charge >= 0.3 is 0 Å². The van der Waals surface area contributed by atoms with E-state index in [9.17, 15) is 9.50 Å². The van der Waals surface area contributed by atoms with Crippen LogP contribution in [-0.4, -0.2) is 16.6 Å². The summed E-state index contributed by atoms with van der Waals surface area (Å²) in [7, 11) is 0. The first-order valence-corrected chi connectivity index (χ1v) is 7.62. The molecule has 1 atom stereocenters. The minimum Gasteiger partial charge on any atom is -0.385 e. The maximum absolute atomic E-state index is 13.3. The Labute approximate surface area is 134 Å². The van der Waals surface area contributed by atoms with Crippen LogP contribution in [0, 0.1) is 5.82 Å². The minimum absolute atomic E-state index is 0.297. The summed E-state index contributed by atoms with van der Waals surface area (Å²) in [6.07, 6.45) is 2.21. The van der Waals surface area contributed by atoms with Crippen molar-refractivity contribution < 1.29 is 9.50 Å². The molecule has 0 radical (unpaired) electrons. The van der Waals surface area contributed by atoms with Gasteiger partial charge in [-0.3, -0.25) is 4.98 Å². The molecule has 0 saturated heterocycles. The van der Waals surface area contributed by atoms with E-state index in [4.69, 9.17) is 0 Å². The van der Waals surface area contributed by atoms with E-state index < -0.39 is 5.60 Å². The Kier molecular flexibility index (Phi) is 4.26. The lowest BCUT2D eigenvalue weighted by atomic mass is 9.92. The predicted octanol–water partition coefficient (Wildman–Crippen LogP) is 4.08. The number of aromatic nitrogens is 1. The molecular weight excluding hydrogens is 291 g/mol. The highest BCUT2D eigenvalue weighted by Crippen LogP contribution is 2.26. The van der Waals surface area contributed by atoms with Crippen LogP contribution in [0.15, 0.2) is 60.8 Å². The summed E-state index contributed by atoms with van der Waals surface area (Å²) in [6.45, 7) is 2.41. The van der Waals surface area contributed by atoms with E-state index in [1.165, 1.54) is 12.1 Å². The molecule has 0 aliphatic heterocycles. The third kappa shape index (κ3) is 3.48. The highest BCUT2D eigenvalue weighted by Gasteiger charge is 2.22. The van der Waals surface area contributed by atoms with E-state index in [-0.39, 0.29) is 5.82 Å². The monoisotopic (exact) mass is 310 g/mol. The molecule has 4 heteroatoms. The zero-order chi connectivity index (χ0) is 16.3. The molecule has 2 aromatic carbocycles. The van der Waals surface area contributed by atoms with Gasteiger partial charge in [0.25, 0.3) is 0 Å². The van der Waals surface area contributed by atoms with Gasteiger partial charge in [0.05, 0.1) is 11.1 Å². The Balaban J connectivity index is 1.72. The minimum atomic E-state index is -0.900. The van der Waals surface area contributed by atoms with Crippen LogP contribution >= 0.6 is 0 Å². The van der Waals surface area contributed by atoms with Crippen LogP contribution in [0.4, 0.5) is 10.1 Å². The number of halogens is 1.